The normalized spacial score (nSPS) is 17.4. The number of amides is 2. The predicted molar refractivity (Wildman–Crippen MR) is 111 cm³/mol. The molecule has 0 atom stereocenters. The first-order valence-electron chi connectivity index (χ1n) is 10.4. The lowest BCUT2D eigenvalue weighted by Crippen LogP contribution is -2.22. The SMILES string of the molecule is O=C(Nc1ccccc1OC1CCCC1)Nc1ccccc1OC1CCCC1. The Hall–Kier alpha value is -2.69. The van der Waals surface area contributed by atoms with Crippen molar-refractivity contribution in [3.63, 3.8) is 0 Å². The Balaban J connectivity index is 1.41. The van der Waals surface area contributed by atoms with Gasteiger partial charge in [0.25, 0.3) is 0 Å². The quantitative estimate of drug-likeness (QED) is 0.649. The largest absolute Gasteiger partial charge is 0.488 e. The van der Waals surface area contributed by atoms with Gasteiger partial charge in [0.15, 0.2) is 0 Å². The van der Waals surface area contributed by atoms with Crippen LogP contribution in [0.5, 0.6) is 11.5 Å². The molecule has 2 aliphatic rings. The van der Waals surface area contributed by atoms with E-state index in [2.05, 4.69) is 10.6 Å². The average Bonchev–Trinajstić information content (AvgIpc) is 3.39. The van der Waals surface area contributed by atoms with Gasteiger partial charge in [-0.25, -0.2) is 4.79 Å². The maximum absolute atomic E-state index is 12.6. The molecule has 2 amide bonds. The van der Waals surface area contributed by atoms with E-state index in [1.54, 1.807) is 0 Å². The lowest BCUT2D eigenvalue weighted by atomic mass is 10.2. The number of carbonyl (C=O) groups is 1. The highest BCUT2D eigenvalue weighted by molar-refractivity contribution is 6.01. The molecule has 28 heavy (non-hydrogen) atoms. The number of hydrogen-bond donors (Lipinski definition) is 2. The minimum absolute atomic E-state index is 0.242. The summed E-state index contributed by atoms with van der Waals surface area (Å²) in [4.78, 5) is 12.6. The van der Waals surface area contributed by atoms with E-state index in [0.717, 1.165) is 37.2 Å². The second-order valence-electron chi connectivity index (χ2n) is 7.62. The van der Waals surface area contributed by atoms with Gasteiger partial charge in [-0.05, 0) is 75.6 Å². The first-order valence-corrected chi connectivity index (χ1v) is 10.4. The fraction of sp³-hybridized carbons (Fsp3) is 0.435. The lowest BCUT2D eigenvalue weighted by molar-refractivity contribution is 0.211. The van der Waals surface area contributed by atoms with Crippen molar-refractivity contribution in [2.24, 2.45) is 0 Å². The Bertz CT molecular complexity index is 730. The summed E-state index contributed by atoms with van der Waals surface area (Å²) in [5.74, 6) is 1.44. The molecule has 5 nitrogen and oxygen atoms in total. The average molecular weight is 380 g/mol. The summed E-state index contributed by atoms with van der Waals surface area (Å²) in [6.07, 6.45) is 9.62. The Morgan fingerprint density at radius 3 is 1.50 bits per heavy atom. The Kier molecular flexibility index (Phi) is 6.00. The lowest BCUT2D eigenvalue weighted by Gasteiger charge is -2.19. The molecule has 148 valence electrons. The van der Waals surface area contributed by atoms with Gasteiger partial charge in [0.1, 0.15) is 11.5 Å². The topological polar surface area (TPSA) is 59.6 Å². The third-order valence-corrected chi connectivity index (χ3v) is 5.46. The molecule has 0 saturated heterocycles. The number of nitrogens with one attached hydrogen (secondary N) is 2. The Morgan fingerprint density at radius 2 is 1.07 bits per heavy atom. The third-order valence-electron chi connectivity index (χ3n) is 5.46. The summed E-state index contributed by atoms with van der Waals surface area (Å²) in [5.41, 5.74) is 1.36. The van der Waals surface area contributed by atoms with E-state index in [-0.39, 0.29) is 18.2 Å². The van der Waals surface area contributed by atoms with Crippen LogP contribution in [-0.2, 0) is 0 Å². The minimum atomic E-state index is -0.301. The first-order chi connectivity index (χ1) is 13.8. The molecule has 0 heterocycles. The van der Waals surface area contributed by atoms with Crippen molar-refractivity contribution in [2.75, 3.05) is 10.6 Å². The molecule has 2 N–H and O–H groups in total. The van der Waals surface area contributed by atoms with E-state index in [0.29, 0.717) is 11.4 Å². The Labute approximate surface area is 166 Å². The number of anilines is 2. The monoisotopic (exact) mass is 380 g/mol. The van der Waals surface area contributed by atoms with Crippen LogP contribution in [0.4, 0.5) is 16.2 Å². The molecule has 4 rings (SSSR count). The highest BCUT2D eigenvalue weighted by atomic mass is 16.5. The molecule has 0 unspecified atom stereocenters. The molecule has 2 aromatic carbocycles. The zero-order valence-electron chi connectivity index (χ0n) is 16.2. The third kappa shape index (κ3) is 4.77. The number of benzene rings is 2. The van der Waals surface area contributed by atoms with Crippen LogP contribution < -0.4 is 20.1 Å². The van der Waals surface area contributed by atoms with Crippen molar-refractivity contribution in [1.29, 1.82) is 0 Å². The van der Waals surface area contributed by atoms with E-state index < -0.39 is 0 Å². The number of rotatable bonds is 6. The highest BCUT2D eigenvalue weighted by Gasteiger charge is 2.20. The summed E-state index contributed by atoms with van der Waals surface area (Å²) >= 11 is 0. The number of hydrogen-bond acceptors (Lipinski definition) is 3. The van der Waals surface area contributed by atoms with Crippen LogP contribution >= 0.6 is 0 Å². The fourth-order valence-corrected chi connectivity index (χ4v) is 3.99. The molecular formula is C23H28N2O3. The van der Waals surface area contributed by atoms with Crippen LogP contribution in [0, 0.1) is 0 Å². The van der Waals surface area contributed by atoms with Crippen LogP contribution in [-0.4, -0.2) is 18.2 Å². The summed E-state index contributed by atoms with van der Waals surface area (Å²) in [5, 5.41) is 5.85. The van der Waals surface area contributed by atoms with Gasteiger partial charge >= 0.3 is 6.03 Å². The molecule has 2 saturated carbocycles. The summed E-state index contributed by atoms with van der Waals surface area (Å²) < 4.78 is 12.2. The molecule has 0 spiro atoms. The maximum atomic E-state index is 12.6. The number of para-hydroxylation sites is 4. The molecule has 5 heteroatoms. The summed E-state index contributed by atoms with van der Waals surface area (Å²) in [7, 11) is 0. The van der Waals surface area contributed by atoms with Crippen molar-refractivity contribution in [2.45, 2.75) is 63.6 Å². The Morgan fingerprint density at radius 1 is 0.679 bits per heavy atom. The van der Waals surface area contributed by atoms with Gasteiger partial charge < -0.3 is 20.1 Å². The zero-order chi connectivity index (χ0) is 19.2. The molecule has 2 aromatic rings. The van der Waals surface area contributed by atoms with Crippen molar-refractivity contribution in [3.05, 3.63) is 48.5 Å². The van der Waals surface area contributed by atoms with E-state index in [9.17, 15) is 4.79 Å². The van der Waals surface area contributed by atoms with E-state index in [1.807, 2.05) is 48.5 Å². The summed E-state index contributed by atoms with van der Waals surface area (Å²) in [6, 6.07) is 14.9. The van der Waals surface area contributed by atoms with Gasteiger partial charge in [-0.1, -0.05) is 24.3 Å². The second kappa shape index (κ2) is 9.00. The molecule has 2 fully saturated rings. The fourth-order valence-electron chi connectivity index (χ4n) is 3.99. The number of ether oxygens (including phenoxy) is 2. The van der Waals surface area contributed by atoms with Crippen molar-refractivity contribution < 1.29 is 14.3 Å². The molecule has 0 bridgehead atoms. The van der Waals surface area contributed by atoms with Crippen LogP contribution in [0.15, 0.2) is 48.5 Å². The van der Waals surface area contributed by atoms with Crippen LogP contribution in [0.2, 0.25) is 0 Å². The van der Waals surface area contributed by atoms with Crippen LogP contribution in [0.25, 0.3) is 0 Å². The van der Waals surface area contributed by atoms with Crippen molar-refractivity contribution in [3.8, 4) is 11.5 Å². The molecule has 0 aliphatic heterocycles. The van der Waals surface area contributed by atoms with Gasteiger partial charge in [-0.3, -0.25) is 0 Å². The zero-order valence-corrected chi connectivity index (χ0v) is 16.2. The van der Waals surface area contributed by atoms with Crippen molar-refractivity contribution >= 4 is 17.4 Å². The van der Waals surface area contributed by atoms with E-state index in [4.69, 9.17) is 9.47 Å². The van der Waals surface area contributed by atoms with Gasteiger partial charge in [-0.15, -0.1) is 0 Å². The second-order valence-corrected chi connectivity index (χ2v) is 7.62. The molecular weight excluding hydrogens is 352 g/mol. The smallest absolute Gasteiger partial charge is 0.323 e. The van der Waals surface area contributed by atoms with Gasteiger partial charge in [0.2, 0.25) is 0 Å². The first kappa shape index (κ1) is 18.7. The highest BCUT2D eigenvalue weighted by Crippen LogP contribution is 2.31. The number of carbonyl (C=O) groups excluding carboxylic acids is 1. The van der Waals surface area contributed by atoms with Gasteiger partial charge in [0.05, 0.1) is 23.6 Å². The van der Waals surface area contributed by atoms with E-state index in [1.165, 1.54) is 25.7 Å². The number of urea groups is 1. The standard InChI is InChI=1S/C23H28N2O3/c26-23(24-19-13-5-7-15-21(19)27-17-9-1-2-10-17)25-20-14-6-8-16-22(20)28-18-11-3-4-12-18/h5-8,13-18H,1-4,9-12H2,(H2,24,25,26). The van der Waals surface area contributed by atoms with Gasteiger partial charge in [-0.2, -0.15) is 0 Å². The van der Waals surface area contributed by atoms with Gasteiger partial charge in [0, 0.05) is 0 Å². The van der Waals surface area contributed by atoms with Crippen molar-refractivity contribution in [1.82, 2.24) is 0 Å². The minimum Gasteiger partial charge on any atom is -0.488 e. The molecule has 0 radical (unpaired) electrons. The summed E-state index contributed by atoms with van der Waals surface area (Å²) in [6.45, 7) is 0. The predicted octanol–water partition coefficient (Wildman–Crippen LogP) is 5.97. The molecule has 0 aromatic heterocycles. The maximum Gasteiger partial charge on any atom is 0.323 e. The van der Waals surface area contributed by atoms with E-state index >= 15 is 0 Å². The van der Waals surface area contributed by atoms with Crippen LogP contribution in [0.3, 0.4) is 0 Å². The molecule has 2 aliphatic carbocycles. The van der Waals surface area contributed by atoms with Crippen LogP contribution in [0.1, 0.15) is 51.4 Å².